The summed E-state index contributed by atoms with van der Waals surface area (Å²) in [6.45, 7) is 6.25. The van der Waals surface area contributed by atoms with Crippen molar-refractivity contribution in [3.05, 3.63) is 65.7 Å². The molecule has 196 valence electrons. The number of piperidine rings is 1. The van der Waals surface area contributed by atoms with Crippen LogP contribution in [0.1, 0.15) is 57.2 Å². The summed E-state index contributed by atoms with van der Waals surface area (Å²) < 4.78 is 67.2. The van der Waals surface area contributed by atoms with Crippen molar-refractivity contribution in [1.29, 1.82) is 0 Å². The Morgan fingerprint density at radius 2 is 1.67 bits per heavy atom. The Bertz CT molecular complexity index is 1190. The molecule has 2 aromatic carbocycles. The molecule has 0 aromatic heterocycles. The third-order valence-electron chi connectivity index (χ3n) is 7.16. The number of benzene rings is 2. The van der Waals surface area contributed by atoms with E-state index in [0.717, 1.165) is 17.7 Å². The average Bonchev–Trinajstić information content (AvgIpc) is 3.08. The Kier molecular flexibility index (Phi) is 7.24. The first-order valence-corrected chi connectivity index (χ1v) is 13.6. The van der Waals surface area contributed by atoms with Gasteiger partial charge in [0.1, 0.15) is 0 Å². The fourth-order valence-electron chi connectivity index (χ4n) is 5.37. The van der Waals surface area contributed by atoms with Crippen LogP contribution in [0.5, 0.6) is 0 Å². The molecule has 2 heterocycles. The summed E-state index contributed by atoms with van der Waals surface area (Å²) in [4.78, 5) is 15.1. The van der Waals surface area contributed by atoms with E-state index in [4.69, 9.17) is 0 Å². The number of amides is 1. The highest BCUT2D eigenvalue weighted by Crippen LogP contribution is 2.41. The van der Waals surface area contributed by atoms with Crippen LogP contribution in [0.25, 0.3) is 0 Å². The smallest absolute Gasteiger partial charge is 0.316 e. The van der Waals surface area contributed by atoms with Gasteiger partial charge in [-0.05, 0) is 55.9 Å². The molecule has 2 aromatic rings. The predicted octanol–water partition coefficient (Wildman–Crippen LogP) is 4.79. The average molecular weight is 524 g/mol. The molecule has 2 fully saturated rings. The maximum atomic E-state index is 13.6. The largest absolute Gasteiger partial charge is 0.416 e. The molecule has 10 heteroatoms. The summed E-state index contributed by atoms with van der Waals surface area (Å²) in [7, 11) is -4.12. The quantitative estimate of drug-likeness (QED) is 0.591. The summed E-state index contributed by atoms with van der Waals surface area (Å²) >= 11 is 0. The third kappa shape index (κ3) is 5.03. The molecule has 2 aliphatic heterocycles. The number of hydrogen-bond donors (Lipinski definition) is 1. The number of halogens is 3. The maximum Gasteiger partial charge on any atom is 0.416 e. The van der Waals surface area contributed by atoms with E-state index in [2.05, 4.69) is 19.2 Å². The Morgan fingerprint density at radius 3 is 2.25 bits per heavy atom. The van der Waals surface area contributed by atoms with Crippen molar-refractivity contribution in [2.75, 3.05) is 13.1 Å². The van der Waals surface area contributed by atoms with Gasteiger partial charge >= 0.3 is 6.18 Å². The summed E-state index contributed by atoms with van der Waals surface area (Å²) in [5.74, 6) is 0.283. The minimum atomic E-state index is -4.63. The zero-order valence-electron chi connectivity index (χ0n) is 20.6. The van der Waals surface area contributed by atoms with Crippen molar-refractivity contribution >= 4 is 15.9 Å². The second kappa shape index (κ2) is 9.79. The zero-order valence-corrected chi connectivity index (χ0v) is 21.4. The maximum absolute atomic E-state index is 13.6. The number of sulfonamides is 1. The van der Waals surface area contributed by atoms with Crippen LogP contribution in [0.4, 0.5) is 13.2 Å². The number of rotatable bonds is 6. The molecule has 2 aliphatic rings. The van der Waals surface area contributed by atoms with Gasteiger partial charge in [0, 0.05) is 13.1 Å². The molecular formula is C26H32F3N3O3S. The van der Waals surface area contributed by atoms with Crippen LogP contribution < -0.4 is 5.32 Å². The summed E-state index contributed by atoms with van der Waals surface area (Å²) in [6, 6.07) is 12.9. The minimum absolute atomic E-state index is 0.00533. The standard InChI is InChI=1S/C26H32F3N3O3S/c1-18(2)16-23-24(33)32(19(3)20-8-5-4-6-9-20)25(30-23)12-14-31(15-13-25)36(34,35)22-11-7-10-21(17-22)26(27,28)29/h4-11,17-19,23,30H,12-16H2,1-3H3/t19-,23-/m0/s1. The van der Waals surface area contributed by atoms with Gasteiger partial charge < -0.3 is 4.90 Å². The van der Waals surface area contributed by atoms with E-state index >= 15 is 0 Å². The highest BCUT2D eigenvalue weighted by atomic mass is 32.2. The summed E-state index contributed by atoms with van der Waals surface area (Å²) in [5, 5.41) is 3.54. The molecule has 1 spiro atoms. The van der Waals surface area contributed by atoms with Gasteiger partial charge in [0.25, 0.3) is 0 Å². The highest BCUT2D eigenvalue weighted by molar-refractivity contribution is 7.89. The molecule has 2 saturated heterocycles. The lowest BCUT2D eigenvalue weighted by Gasteiger charge is -2.46. The van der Waals surface area contributed by atoms with Crippen LogP contribution in [0.2, 0.25) is 0 Å². The Balaban J connectivity index is 1.60. The second-order valence-electron chi connectivity index (χ2n) is 10.1. The molecule has 2 atom stereocenters. The SMILES string of the molecule is CC(C)C[C@@H]1NC2(CCN(S(=O)(=O)c3cccc(C(F)(F)F)c3)CC2)N([C@@H](C)c2ccccc2)C1=O. The highest BCUT2D eigenvalue weighted by Gasteiger charge is 2.54. The van der Waals surface area contributed by atoms with Crippen molar-refractivity contribution < 1.29 is 26.4 Å². The molecule has 36 heavy (non-hydrogen) atoms. The summed E-state index contributed by atoms with van der Waals surface area (Å²) in [5.41, 5.74) is -0.748. The van der Waals surface area contributed by atoms with Gasteiger partial charge in [-0.25, -0.2) is 8.42 Å². The number of carbonyl (C=O) groups excluding carboxylic acids is 1. The van der Waals surface area contributed by atoms with E-state index in [-0.39, 0.29) is 41.9 Å². The summed E-state index contributed by atoms with van der Waals surface area (Å²) in [6.07, 6.45) is -3.30. The van der Waals surface area contributed by atoms with Crippen LogP contribution in [-0.4, -0.2) is 48.3 Å². The van der Waals surface area contributed by atoms with Crippen molar-refractivity contribution in [2.45, 2.75) is 68.9 Å². The molecule has 1 amide bonds. The third-order valence-corrected chi connectivity index (χ3v) is 9.06. The van der Waals surface area contributed by atoms with E-state index in [1.54, 1.807) is 0 Å². The molecule has 0 bridgehead atoms. The van der Waals surface area contributed by atoms with Gasteiger partial charge in [-0.3, -0.25) is 10.1 Å². The van der Waals surface area contributed by atoms with E-state index in [0.29, 0.717) is 25.3 Å². The van der Waals surface area contributed by atoms with Crippen molar-refractivity contribution in [3.8, 4) is 0 Å². The Morgan fingerprint density at radius 1 is 1.03 bits per heavy atom. The lowest BCUT2D eigenvalue weighted by atomic mass is 9.94. The Labute approximate surface area is 210 Å². The first-order chi connectivity index (χ1) is 16.8. The lowest BCUT2D eigenvalue weighted by molar-refractivity contribution is -0.138. The van der Waals surface area contributed by atoms with Crippen LogP contribution in [-0.2, 0) is 21.0 Å². The molecule has 4 rings (SSSR count). The fraction of sp³-hybridized carbons (Fsp3) is 0.500. The molecule has 0 radical (unpaired) electrons. The van der Waals surface area contributed by atoms with E-state index in [1.165, 1.54) is 10.4 Å². The van der Waals surface area contributed by atoms with Gasteiger partial charge in [0.2, 0.25) is 15.9 Å². The van der Waals surface area contributed by atoms with Crippen LogP contribution in [0.15, 0.2) is 59.5 Å². The van der Waals surface area contributed by atoms with E-state index < -0.39 is 27.4 Å². The first kappa shape index (κ1) is 26.6. The van der Waals surface area contributed by atoms with Crippen LogP contribution in [0.3, 0.4) is 0 Å². The Hall–Kier alpha value is -2.43. The lowest BCUT2D eigenvalue weighted by Crippen LogP contribution is -2.60. The molecular weight excluding hydrogens is 491 g/mol. The van der Waals surface area contributed by atoms with Gasteiger partial charge in [0.05, 0.1) is 28.2 Å². The molecule has 6 nitrogen and oxygen atoms in total. The van der Waals surface area contributed by atoms with E-state index in [1.807, 2.05) is 42.2 Å². The predicted molar refractivity (Wildman–Crippen MR) is 130 cm³/mol. The van der Waals surface area contributed by atoms with Gasteiger partial charge in [-0.2, -0.15) is 17.5 Å². The van der Waals surface area contributed by atoms with Gasteiger partial charge in [-0.1, -0.05) is 50.2 Å². The van der Waals surface area contributed by atoms with Crippen molar-refractivity contribution in [1.82, 2.24) is 14.5 Å². The number of alkyl halides is 3. The fourth-order valence-corrected chi connectivity index (χ4v) is 6.86. The minimum Gasteiger partial charge on any atom is -0.316 e. The number of hydrogen-bond acceptors (Lipinski definition) is 4. The first-order valence-electron chi connectivity index (χ1n) is 12.2. The van der Waals surface area contributed by atoms with Gasteiger partial charge in [-0.15, -0.1) is 0 Å². The number of carbonyl (C=O) groups is 1. The van der Waals surface area contributed by atoms with Crippen LogP contribution in [0, 0.1) is 5.92 Å². The number of nitrogens with one attached hydrogen (secondary N) is 1. The molecule has 0 aliphatic carbocycles. The monoisotopic (exact) mass is 523 g/mol. The van der Waals surface area contributed by atoms with E-state index in [9.17, 15) is 26.4 Å². The normalized spacial score (nSPS) is 21.9. The molecule has 0 unspecified atom stereocenters. The topological polar surface area (TPSA) is 69.7 Å². The number of nitrogens with zero attached hydrogens (tertiary/aromatic N) is 2. The van der Waals surface area contributed by atoms with Gasteiger partial charge in [0.15, 0.2) is 0 Å². The van der Waals surface area contributed by atoms with Crippen molar-refractivity contribution in [2.24, 2.45) is 5.92 Å². The van der Waals surface area contributed by atoms with Crippen molar-refractivity contribution in [3.63, 3.8) is 0 Å². The molecule has 1 N–H and O–H groups in total. The second-order valence-corrected chi connectivity index (χ2v) is 12.0. The van der Waals surface area contributed by atoms with Crippen LogP contribution >= 0.6 is 0 Å². The zero-order chi connectivity index (χ0) is 26.3. The molecule has 0 saturated carbocycles.